The largest absolute Gasteiger partial charge is 0.491 e. The Bertz CT molecular complexity index is 786. The van der Waals surface area contributed by atoms with Crippen LogP contribution in [-0.4, -0.2) is 43.8 Å². The predicted octanol–water partition coefficient (Wildman–Crippen LogP) is 6.57. The third-order valence-corrected chi connectivity index (χ3v) is 5.88. The molecule has 0 aromatic heterocycles. The van der Waals surface area contributed by atoms with Crippen LogP contribution in [0.3, 0.4) is 0 Å². The van der Waals surface area contributed by atoms with E-state index in [2.05, 4.69) is 57.4 Å². The first kappa shape index (κ1) is 26.9. The van der Waals surface area contributed by atoms with E-state index < -0.39 is 0 Å². The highest BCUT2D eigenvalue weighted by Gasteiger charge is 2.22. The van der Waals surface area contributed by atoms with Crippen molar-refractivity contribution in [3.05, 3.63) is 65.7 Å². The van der Waals surface area contributed by atoms with Crippen LogP contribution in [0.5, 0.6) is 5.75 Å². The van der Waals surface area contributed by atoms with Crippen LogP contribution in [0.1, 0.15) is 69.9 Å². The number of nitrogens with zero attached hydrogens (tertiary/aromatic N) is 1. The highest BCUT2D eigenvalue weighted by molar-refractivity contribution is 5.70. The molecule has 0 aliphatic rings. The Balaban J connectivity index is 1.62. The van der Waals surface area contributed by atoms with Gasteiger partial charge in [-0.05, 0) is 37.5 Å². The molecule has 4 nitrogen and oxygen atoms in total. The number of hydrogen-bond acceptors (Lipinski definition) is 3. The molecule has 2 aromatic rings. The van der Waals surface area contributed by atoms with E-state index in [9.17, 15) is 4.79 Å². The quantitative estimate of drug-likeness (QED) is 0.163. The number of benzene rings is 2. The molecule has 1 atom stereocenters. The Labute approximate surface area is 201 Å². The molecule has 182 valence electrons. The summed E-state index contributed by atoms with van der Waals surface area (Å²) >= 11 is 0. The Morgan fingerprint density at radius 1 is 0.879 bits per heavy atom. The molecule has 0 heterocycles. The summed E-state index contributed by atoms with van der Waals surface area (Å²) < 4.78 is 12.1. The highest BCUT2D eigenvalue weighted by atomic mass is 16.5. The second-order valence-corrected chi connectivity index (χ2v) is 9.84. The summed E-state index contributed by atoms with van der Waals surface area (Å²) in [7, 11) is 4.10. The lowest BCUT2D eigenvalue weighted by Crippen LogP contribution is -2.43. The SMILES string of the molecule is CCCCCCCCc1ccc(OC(C)CCOC(=O)C[N+](C)(C)Cc2ccccc2)cc1. The van der Waals surface area contributed by atoms with E-state index in [-0.39, 0.29) is 12.1 Å². The monoisotopic (exact) mass is 454 g/mol. The summed E-state index contributed by atoms with van der Waals surface area (Å²) in [5, 5.41) is 0. The molecule has 0 bridgehead atoms. The van der Waals surface area contributed by atoms with Gasteiger partial charge in [0.25, 0.3) is 0 Å². The normalized spacial score (nSPS) is 12.4. The molecule has 2 rings (SSSR count). The fraction of sp³-hybridized carbons (Fsp3) is 0.552. The zero-order chi connectivity index (χ0) is 23.9. The Hall–Kier alpha value is -2.33. The van der Waals surface area contributed by atoms with E-state index in [1.54, 1.807) is 0 Å². The molecule has 33 heavy (non-hydrogen) atoms. The Kier molecular flexibility index (Phi) is 12.0. The Morgan fingerprint density at radius 3 is 2.24 bits per heavy atom. The molecule has 0 radical (unpaired) electrons. The van der Waals surface area contributed by atoms with Crippen LogP contribution in [-0.2, 0) is 22.5 Å². The van der Waals surface area contributed by atoms with Gasteiger partial charge < -0.3 is 14.0 Å². The fourth-order valence-corrected chi connectivity index (χ4v) is 4.00. The third kappa shape index (κ3) is 11.9. The van der Waals surface area contributed by atoms with Crippen LogP contribution in [0, 0.1) is 0 Å². The number of quaternary nitrogens is 1. The molecule has 0 fully saturated rings. The van der Waals surface area contributed by atoms with Crippen molar-refractivity contribution in [2.24, 2.45) is 0 Å². The van der Waals surface area contributed by atoms with Crippen molar-refractivity contribution < 1.29 is 18.8 Å². The molecule has 0 saturated carbocycles. The minimum absolute atomic E-state index is 0.00552. The second-order valence-electron chi connectivity index (χ2n) is 9.84. The van der Waals surface area contributed by atoms with E-state index >= 15 is 0 Å². The zero-order valence-electron chi connectivity index (χ0n) is 21.2. The first-order valence-corrected chi connectivity index (χ1v) is 12.6. The number of unbranched alkanes of at least 4 members (excludes halogenated alkanes) is 5. The summed E-state index contributed by atoms with van der Waals surface area (Å²) in [5.74, 6) is 0.711. The minimum atomic E-state index is -0.165. The van der Waals surface area contributed by atoms with Gasteiger partial charge in [0.2, 0.25) is 0 Å². The van der Waals surface area contributed by atoms with Gasteiger partial charge in [-0.1, -0.05) is 81.5 Å². The van der Waals surface area contributed by atoms with Crippen molar-refractivity contribution in [3.63, 3.8) is 0 Å². The van der Waals surface area contributed by atoms with E-state index in [0.29, 0.717) is 24.1 Å². The molecular weight excluding hydrogens is 410 g/mol. The van der Waals surface area contributed by atoms with E-state index in [1.807, 2.05) is 25.1 Å². The smallest absolute Gasteiger partial charge is 0.361 e. The van der Waals surface area contributed by atoms with Gasteiger partial charge in [-0.3, -0.25) is 0 Å². The van der Waals surface area contributed by atoms with Crippen LogP contribution in [0.25, 0.3) is 0 Å². The van der Waals surface area contributed by atoms with Crippen LogP contribution in [0.2, 0.25) is 0 Å². The lowest BCUT2D eigenvalue weighted by molar-refractivity contribution is -0.896. The molecule has 2 aromatic carbocycles. The van der Waals surface area contributed by atoms with Gasteiger partial charge in [0.15, 0.2) is 6.54 Å². The average molecular weight is 455 g/mol. The number of ether oxygens (including phenoxy) is 2. The number of likely N-dealkylation sites (N-methyl/N-ethyl adjacent to an activating group) is 1. The molecule has 0 N–H and O–H groups in total. The molecule has 0 aliphatic heterocycles. The first-order chi connectivity index (χ1) is 15.9. The van der Waals surface area contributed by atoms with Crippen LogP contribution in [0.15, 0.2) is 54.6 Å². The maximum atomic E-state index is 12.3. The lowest BCUT2D eigenvalue weighted by Gasteiger charge is -2.28. The van der Waals surface area contributed by atoms with Gasteiger partial charge in [0.1, 0.15) is 12.3 Å². The van der Waals surface area contributed by atoms with Crippen molar-refractivity contribution in [3.8, 4) is 5.75 Å². The molecule has 1 unspecified atom stereocenters. The van der Waals surface area contributed by atoms with E-state index in [1.165, 1.54) is 49.7 Å². The highest BCUT2D eigenvalue weighted by Crippen LogP contribution is 2.17. The Morgan fingerprint density at radius 2 is 1.55 bits per heavy atom. The van der Waals surface area contributed by atoms with Crippen molar-refractivity contribution in [2.75, 3.05) is 27.2 Å². The molecule has 0 aliphatic carbocycles. The topological polar surface area (TPSA) is 35.5 Å². The van der Waals surface area contributed by atoms with Crippen molar-refractivity contribution in [1.82, 2.24) is 0 Å². The maximum absolute atomic E-state index is 12.3. The minimum Gasteiger partial charge on any atom is -0.491 e. The van der Waals surface area contributed by atoms with E-state index in [0.717, 1.165) is 18.7 Å². The van der Waals surface area contributed by atoms with Gasteiger partial charge in [-0.25, -0.2) is 4.79 Å². The molecule has 0 amide bonds. The standard InChI is InChI=1S/C29H44NO3/c1-5-6-7-8-9-11-14-26-17-19-28(20-18-26)33-25(2)21-22-32-29(31)24-30(3,4)23-27-15-12-10-13-16-27/h10,12-13,15-20,25H,5-9,11,14,21-24H2,1-4H3/q+1. The number of hydrogen-bond donors (Lipinski definition) is 0. The number of esters is 1. The van der Waals surface area contributed by atoms with Crippen molar-refractivity contribution >= 4 is 5.97 Å². The van der Waals surface area contributed by atoms with E-state index in [4.69, 9.17) is 9.47 Å². The molecule has 0 saturated heterocycles. The maximum Gasteiger partial charge on any atom is 0.361 e. The van der Waals surface area contributed by atoms with Gasteiger partial charge >= 0.3 is 5.97 Å². The van der Waals surface area contributed by atoms with Gasteiger partial charge in [-0.15, -0.1) is 0 Å². The van der Waals surface area contributed by atoms with Gasteiger partial charge in [0.05, 0.1) is 26.8 Å². The number of aryl methyl sites for hydroxylation is 1. The number of carbonyl (C=O) groups is 1. The summed E-state index contributed by atoms with van der Waals surface area (Å²) in [6, 6.07) is 18.7. The molecule has 4 heteroatoms. The average Bonchev–Trinajstić information content (AvgIpc) is 2.77. The lowest BCUT2D eigenvalue weighted by atomic mass is 10.0. The molecule has 0 spiro atoms. The van der Waals surface area contributed by atoms with Crippen molar-refractivity contribution in [2.45, 2.75) is 77.9 Å². The summed E-state index contributed by atoms with van der Waals surface area (Å²) in [5.41, 5.74) is 2.59. The zero-order valence-corrected chi connectivity index (χ0v) is 21.2. The number of rotatable bonds is 16. The van der Waals surface area contributed by atoms with Crippen LogP contribution < -0.4 is 4.74 Å². The van der Waals surface area contributed by atoms with Crippen molar-refractivity contribution in [1.29, 1.82) is 0 Å². The second kappa shape index (κ2) is 14.7. The summed E-state index contributed by atoms with van der Waals surface area (Å²) in [6.07, 6.45) is 9.75. The fourth-order valence-electron chi connectivity index (χ4n) is 4.00. The third-order valence-electron chi connectivity index (χ3n) is 5.88. The van der Waals surface area contributed by atoms with Crippen LogP contribution in [0.4, 0.5) is 0 Å². The summed E-state index contributed by atoms with van der Waals surface area (Å²) in [6.45, 7) is 5.80. The van der Waals surface area contributed by atoms with Crippen LogP contribution >= 0.6 is 0 Å². The number of carbonyl (C=O) groups excluding carboxylic acids is 1. The summed E-state index contributed by atoms with van der Waals surface area (Å²) in [4.78, 5) is 12.3. The van der Waals surface area contributed by atoms with Gasteiger partial charge in [-0.2, -0.15) is 0 Å². The first-order valence-electron chi connectivity index (χ1n) is 12.6. The molecular formula is C29H44NO3+. The predicted molar refractivity (Wildman–Crippen MR) is 136 cm³/mol. The van der Waals surface area contributed by atoms with Gasteiger partial charge in [0, 0.05) is 12.0 Å².